The first-order valence-electron chi connectivity index (χ1n) is 7.87. The predicted octanol–water partition coefficient (Wildman–Crippen LogP) is 4.04. The number of carboxylic acids is 1. The van der Waals surface area contributed by atoms with Crippen molar-refractivity contribution < 1.29 is 24.2 Å². The zero-order chi connectivity index (χ0) is 19.4. The number of benzene rings is 2. The van der Waals surface area contributed by atoms with Gasteiger partial charge in [0, 0.05) is 5.02 Å². The first-order valence-corrected chi connectivity index (χ1v) is 9.06. The van der Waals surface area contributed by atoms with Gasteiger partial charge in [-0.25, -0.2) is 4.79 Å². The van der Waals surface area contributed by atoms with Crippen molar-refractivity contribution in [2.75, 3.05) is 6.61 Å². The van der Waals surface area contributed by atoms with Crippen LogP contribution in [0.2, 0.25) is 5.02 Å². The van der Waals surface area contributed by atoms with Gasteiger partial charge in [0.15, 0.2) is 6.61 Å². The molecule has 3 rings (SSSR count). The topological polar surface area (TPSA) is 83.9 Å². The van der Waals surface area contributed by atoms with E-state index >= 15 is 0 Å². The van der Waals surface area contributed by atoms with Gasteiger partial charge in [-0.15, -0.1) is 0 Å². The van der Waals surface area contributed by atoms with E-state index in [2.05, 4.69) is 0 Å². The molecule has 0 atom stereocenters. The minimum atomic E-state index is -1.06. The summed E-state index contributed by atoms with van der Waals surface area (Å²) < 4.78 is 5.06. The number of thioether (sulfide) groups is 1. The van der Waals surface area contributed by atoms with Gasteiger partial charge in [-0.3, -0.25) is 14.5 Å². The summed E-state index contributed by atoms with van der Waals surface area (Å²) in [7, 11) is 0. The smallest absolute Gasteiger partial charge is 0.341 e. The number of aliphatic carboxylic acids is 1. The molecule has 2 aromatic rings. The molecule has 1 fully saturated rings. The van der Waals surface area contributed by atoms with E-state index in [0.717, 1.165) is 17.3 Å². The molecule has 0 radical (unpaired) electrons. The van der Waals surface area contributed by atoms with Crippen LogP contribution in [-0.2, 0) is 16.1 Å². The summed E-state index contributed by atoms with van der Waals surface area (Å²) in [5, 5.41) is 8.86. The molecule has 0 aromatic heterocycles. The molecule has 1 aliphatic rings. The highest BCUT2D eigenvalue weighted by atomic mass is 35.5. The fourth-order valence-electron chi connectivity index (χ4n) is 2.37. The number of amides is 2. The lowest BCUT2D eigenvalue weighted by atomic mass is 10.2. The minimum Gasteiger partial charge on any atom is -0.482 e. The number of nitrogens with zero attached hydrogens (tertiary/aromatic N) is 1. The van der Waals surface area contributed by atoms with E-state index in [0.29, 0.717) is 21.2 Å². The number of carbonyl (C=O) groups excluding carboxylic acids is 2. The van der Waals surface area contributed by atoms with Crippen LogP contribution in [0, 0.1) is 0 Å². The van der Waals surface area contributed by atoms with Crippen LogP contribution in [0.5, 0.6) is 5.75 Å². The standard InChI is InChI=1S/C19H14ClNO5S/c20-14-5-1-13(2-6-14)10-21-18(24)16(27-19(21)25)9-12-3-7-15(8-4-12)26-11-17(22)23/h1-9H,10-11H2,(H,22,23)/b16-9+. The summed E-state index contributed by atoms with van der Waals surface area (Å²) >= 11 is 6.73. The van der Waals surface area contributed by atoms with Crippen molar-refractivity contribution in [2.24, 2.45) is 0 Å². The quantitative estimate of drug-likeness (QED) is 0.733. The van der Waals surface area contributed by atoms with E-state index in [4.69, 9.17) is 21.4 Å². The third kappa shape index (κ3) is 4.90. The Kier molecular flexibility index (Phi) is 5.83. The van der Waals surface area contributed by atoms with Crippen LogP contribution in [0.4, 0.5) is 4.79 Å². The lowest BCUT2D eigenvalue weighted by molar-refractivity contribution is -0.139. The van der Waals surface area contributed by atoms with Crippen LogP contribution < -0.4 is 4.74 Å². The van der Waals surface area contributed by atoms with Crippen molar-refractivity contribution in [3.8, 4) is 5.75 Å². The second kappa shape index (κ2) is 8.28. The predicted molar refractivity (Wildman–Crippen MR) is 103 cm³/mol. The number of imide groups is 1. The van der Waals surface area contributed by atoms with E-state index in [1.165, 1.54) is 4.90 Å². The lowest BCUT2D eigenvalue weighted by Crippen LogP contribution is -2.27. The summed E-state index contributed by atoms with van der Waals surface area (Å²) in [6.45, 7) is -0.246. The molecular weight excluding hydrogens is 390 g/mol. The Bertz CT molecular complexity index is 909. The van der Waals surface area contributed by atoms with Gasteiger partial charge in [0.2, 0.25) is 0 Å². The number of halogens is 1. The third-order valence-electron chi connectivity index (χ3n) is 3.67. The van der Waals surface area contributed by atoms with E-state index in [-0.39, 0.29) is 17.7 Å². The van der Waals surface area contributed by atoms with Crippen LogP contribution in [-0.4, -0.2) is 33.7 Å². The average Bonchev–Trinajstić information content (AvgIpc) is 2.90. The van der Waals surface area contributed by atoms with E-state index in [1.54, 1.807) is 54.6 Å². The molecule has 2 aromatic carbocycles. The van der Waals surface area contributed by atoms with Crippen molar-refractivity contribution in [1.82, 2.24) is 4.90 Å². The number of ether oxygens (including phenoxy) is 1. The molecule has 1 N–H and O–H groups in total. The van der Waals surface area contributed by atoms with Gasteiger partial charge in [0.1, 0.15) is 5.75 Å². The molecule has 0 aliphatic carbocycles. The highest BCUT2D eigenvalue weighted by molar-refractivity contribution is 8.18. The van der Waals surface area contributed by atoms with Crippen LogP contribution in [0.1, 0.15) is 11.1 Å². The number of carbonyl (C=O) groups is 3. The van der Waals surface area contributed by atoms with Crippen molar-refractivity contribution in [2.45, 2.75) is 6.54 Å². The largest absolute Gasteiger partial charge is 0.482 e. The molecule has 6 nitrogen and oxygen atoms in total. The van der Waals surface area contributed by atoms with Gasteiger partial charge in [0.25, 0.3) is 11.1 Å². The van der Waals surface area contributed by atoms with Gasteiger partial charge in [-0.2, -0.15) is 0 Å². The molecule has 2 amide bonds. The molecular formula is C19H14ClNO5S. The lowest BCUT2D eigenvalue weighted by Gasteiger charge is -2.12. The molecule has 1 heterocycles. The van der Waals surface area contributed by atoms with Crippen molar-refractivity contribution in [3.63, 3.8) is 0 Å². The van der Waals surface area contributed by atoms with Gasteiger partial charge >= 0.3 is 5.97 Å². The number of hydrogen-bond acceptors (Lipinski definition) is 5. The fraction of sp³-hybridized carbons (Fsp3) is 0.105. The summed E-state index contributed by atoms with van der Waals surface area (Å²) in [5.74, 6) is -1.01. The second-order valence-corrected chi connectivity index (χ2v) is 7.08. The highest BCUT2D eigenvalue weighted by Crippen LogP contribution is 2.33. The molecule has 0 bridgehead atoms. The Balaban J connectivity index is 1.70. The van der Waals surface area contributed by atoms with Crippen molar-refractivity contribution in [1.29, 1.82) is 0 Å². The van der Waals surface area contributed by atoms with Gasteiger partial charge in [-0.1, -0.05) is 35.9 Å². The summed E-state index contributed by atoms with van der Waals surface area (Å²) in [4.78, 5) is 36.7. The highest BCUT2D eigenvalue weighted by Gasteiger charge is 2.34. The van der Waals surface area contributed by atoms with Crippen LogP contribution >= 0.6 is 23.4 Å². The van der Waals surface area contributed by atoms with Gasteiger partial charge < -0.3 is 9.84 Å². The Morgan fingerprint density at radius 1 is 1.11 bits per heavy atom. The van der Waals surface area contributed by atoms with Gasteiger partial charge in [-0.05, 0) is 53.2 Å². The van der Waals surface area contributed by atoms with E-state index in [1.807, 2.05) is 0 Å². The number of rotatable bonds is 6. The maximum atomic E-state index is 12.5. The zero-order valence-corrected chi connectivity index (χ0v) is 15.5. The van der Waals surface area contributed by atoms with Crippen molar-refractivity contribution >= 4 is 46.6 Å². The minimum absolute atomic E-state index is 0.182. The normalized spacial score (nSPS) is 15.4. The van der Waals surface area contributed by atoms with Crippen LogP contribution in [0.25, 0.3) is 6.08 Å². The fourth-order valence-corrected chi connectivity index (χ4v) is 3.33. The second-order valence-electron chi connectivity index (χ2n) is 5.65. The first kappa shape index (κ1) is 19.0. The molecule has 8 heteroatoms. The average molecular weight is 404 g/mol. The Hall–Kier alpha value is -2.77. The monoisotopic (exact) mass is 403 g/mol. The maximum absolute atomic E-state index is 12.5. The molecule has 0 unspecified atom stereocenters. The Morgan fingerprint density at radius 2 is 1.78 bits per heavy atom. The Morgan fingerprint density at radius 3 is 2.41 bits per heavy atom. The first-order chi connectivity index (χ1) is 12.9. The van der Waals surface area contributed by atoms with Crippen LogP contribution in [0.3, 0.4) is 0 Å². The number of hydrogen-bond donors (Lipinski definition) is 1. The number of carboxylic acid groups (broad SMARTS) is 1. The zero-order valence-electron chi connectivity index (χ0n) is 13.9. The molecule has 138 valence electrons. The summed E-state index contributed by atoms with van der Waals surface area (Å²) in [6, 6.07) is 13.5. The maximum Gasteiger partial charge on any atom is 0.341 e. The third-order valence-corrected chi connectivity index (χ3v) is 4.83. The molecule has 0 spiro atoms. The molecule has 1 saturated heterocycles. The summed E-state index contributed by atoms with van der Waals surface area (Å²) in [5.41, 5.74) is 1.51. The van der Waals surface area contributed by atoms with Crippen molar-refractivity contribution in [3.05, 3.63) is 69.6 Å². The molecule has 0 saturated carbocycles. The Labute approximate surface area is 164 Å². The SMILES string of the molecule is O=C(O)COc1ccc(/C=C2/SC(=O)N(Cc3ccc(Cl)cc3)C2=O)cc1. The van der Waals surface area contributed by atoms with Gasteiger partial charge in [0.05, 0.1) is 11.4 Å². The van der Waals surface area contributed by atoms with Crippen LogP contribution in [0.15, 0.2) is 53.4 Å². The molecule has 27 heavy (non-hydrogen) atoms. The van der Waals surface area contributed by atoms with E-state index < -0.39 is 12.6 Å². The summed E-state index contributed by atoms with van der Waals surface area (Å²) in [6.07, 6.45) is 1.62. The van der Waals surface area contributed by atoms with E-state index in [9.17, 15) is 14.4 Å². The molecule has 1 aliphatic heterocycles.